The molecule has 1 nitrogen and oxygen atoms in total. The van der Waals surface area contributed by atoms with Gasteiger partial charge in [-0.15, -0.1) is 0 Å². The minimum absolute atomic E-state index is 0.292. The summed E-state index contributed by atoms with van der Waals surface area (Å²) in [6.07, 6.45) is 8.49. The maximum absolute atomic E-state index is 10.5. The fraction of sp³-hybridized carbons (Fsp3) is 1.00. The molecule has 0 spiro atoms. The summed E-state index contributed by atoms with van der Waals surface area (Å²) in [6, 6.07) is 0. The molecular weight excluding hydrogens is 160 g/mol. The van der Waals surface area contributed by atoms with E-state index in [1.54, 1.807) is 0 Å². The molecule has 0 heterocycles. The zero-order valence-electron chi connectivity index (χ0n) is 8.97. The molecule has 2 aliphatic rings. The number of hydrogen-bond acceptors (Lipinski definition) is 1. The molecule has 0 saturated heterocycles. The van der Waals surface area contributed by atoms with Crippen molar-refractivity contribution < 1.29 is 5.11 Å². The van der Waals surface area contributed by atoms with E-state index in [1.165, 1.54) is 32.1 Å². The predicted molar refractivity (Wildman–Crippen MR) is 54.5 cm³/mol. The molecule has 0 aromatic heterocycles. The van der Waals surface area contributed by atoms with E-state index in [0.717, 1.165) is 12.8 Å². The molecule has 0 aromatic rings. The van der Waals surface area contributed by atoms with Gasteiger partial charge in [-0.05, 0) is 43.4 Å². The molecule has 0 bridgehead atoms. The third kappa shape index (κ3) is 1.76. The van der Waals surface area contributed by atoms with Crippen LogP contribution in [0.1, 0.15) is 58.8 Å². The van der Waals surface area contributed by atoms with E-state index in [0.29, 0.717) is 11.3 Å². The Labute approximate surface area is 81.5 Å². The van der Waals surface area contributed by atoms with Crippen molar-refractivity contribution >= 4 is 0 Å². The second-order valence-electron chi connectivity index (χ2n) is 5.93. The first-order valence-corrected chi connectivity index (χ1v) is 5.74. The van der Waals surface area contributed by atoms with Gasteiger partial charge in [0.15, 0.2) is 0 Å². The maximum atomic E-state index is 10.5. The first kappa shape index (κ1) is 9.51. The van der Waals surface area contributed by atoms with Crippen molar-refractivity contribution in [2.24, 2.45) is 11.3 Å². The second-order valence-corrected chi connectivity index (χ2v) is 5.93. The topological polar surface area (TPSA) is 20.2 Å². The van der Waals surface area contributed by atoms with Gasteiger partial charge in [-0.2, -0.15) is 0 Å². The van der Waals surface area contributed by atoms with Crippen LogP contribution >= 0.6 is 0 Å². The molecule has 2 aliphatic carbocycles. The van der Waals surface area contributed by atoms with E-state index in [2.05, 4.69) is 13.8 Å². The Kier molecular flexibility index (Phi) is 2.18. The summed E-state index contributed by atoms with van der Waals surface area (Å²) in [5, 5.41) is 10.5. The molecule has 1 unspecified atom stereocenters. The lowest BCUT2D eigenvalue weighted by Crippen LogP contribution is -2.47. The summed E-state index contributed by atoms with van der Waals surface area (Å²) < 4.78 is 0. The average molecular weight is 182 g/mol. The Morgan fingerprint density at radius 3 is 2.23 bits per heavy atom. The maximum Gasteiger partial charge on any atom is 0.0680 e. The fourth-order valence-corrected chi connectivity index (χ4v) is 3.17. The second kappa shape index (κ2) is 2.98. The lowest BCUT2D eigenvalue weighted by atomic mass is 9.61. The Morgan fingerprint density at radius 2 is 1.77 bits per heavy atom. The lowest BCUT2D eigenvalue weighted by Gasteiger charge is -2.49. The molecule has 13 heavy (non-hydrogen) atoms. The molecule has 0 radical (unpaired) electrons. The average Bonchev–Trinajstić information content (AvgIpc) is 1.76. The van der Waals surface area contributed by atoms with Crippen molar-refractivity contribution in [3.63, 3.8) is 0 Å². The highest BCUT2D eigenvalue weighted by molar-refractivity contribution is 4.97. The Bertz CT molecular complexity index is 193. The molecule has 76 valence electrons. The summed E-state index contributed by atoms with van der Waals surface area (Å²) in [6.45, 7) is 4.60. The monoisotopic (exact) mass is 182 g/mol. The van der Waals surface area contributed by atoms with Gasteiger partial charge in [-0.25, -0.2) is 0 Å². The molecule has 0 amide bonds. The van der Waals surface area contributed by atoms with E-state index in [-0.39, 0.29) is 5.60 Å². The predicted octanol–water partition coefficient (Wildman–Crippen LogP) is 3.12. The van der Waals surface area contributed by atoms with Gasteiger partial charge in [0.05, 0.1) is 5.60 Å². The summed E-state index contributed by atoms with van der Waals surface area (Å²) in [5.74, 6) is 0.632. The first-order chi connectivity index (χ1) is 6.02. The quantitative estimate of drug-likeness (QED) is 0.660. The van der Waals surface area contributed by atoms with Gasteiger partial charge in [-0.1, -0.05) is 26.7 Å². The number of aliphatic hydroxyl groups is 1. The van der Waals surface area contributed by atoms with Gasteiger partial charge in [0.2, 0.25) is 0 Å². The fourth-order valence-electron chi connectivity index (χ4n) is 3.17. The van der Waals surface area contributed by atoms with Gasteiger partial charge >= 0.3 is 0 Å². The van der Waals surface area contributed by atoms with E-state index < -0.39 is 0 Å². The van der Waals surface area contributed by atoms with Crippen LogP contribution < -0.4 is 0 Å². The Hall–Kier alpha value is -0.0400. The van der Waals surface area contributed by atoms with Gasteiger partial charge in [0.25, 0.3) is 0 Å². The summed E-state index contributed by atoms with van der Waals surface area (Å²) in [5.41, 5.74) is 0.0859. The third-order valence-corrected chi connectivity index (χ3v) is 4.11. The molecular formula is C12H22O. The van der Waals surface area contributed by atoms with Crippen molar-refractivity contribution in [3.8, 4) is 0 Å². The molecule has 0 aromatic carbocycles. The van der Waals surface area contributed by atoms with E-state index >= 15 is 0 Å². The van der Waals surface area contributed by atoms with Crippen LogP contribution in [0.15, 0.2) is 0 Å². The van der Waals surface area contributed by atoms with Gasteiger partial charge in [0, 0.05) is 0 Å². The smallest absolute Gasteiger partial charge is 0.0680 e. The summed E-state index contributed by atoms with van der Waals surface area (Å²) in [7, 11) is 0. The molecule has 1 N–H and O–H groups in total. The molecule has 1 atom stereocenters. The van der Waals surface area contributed by atoms with Crippen LogP contribution in [-0.2, 0) is 0 Å². The minimum Gasteiger partial charge on any atom is -0.390 e. The minimum atomic E-state index is -0.292. The standard InChI is InChI=1S/C12H22O/c1-11(2)7-4-8-12(13,9-11)10-5-3-6-10/h10,13H,3-9H2,1-2H3. The highest BCUT2D eigenvalue weighted by atomic mass is 16.3. The van der Waals surface area contributed by atoms with Crippen LogP contribution in [0.4, 0.5) is 0 Å². The van der Waals surface area contributed by atoms with Crippen LogP contribution in [0.3, 0.4) is 0 Å². The van der Waals surface area contributed by atoms with Crippen molar-refractivity contribution in [1.82, 2.24) is 0 Å². The van der Waals surface area contributed by atoms with Crippen LogP contribution in [0.2, 0.25) is 0 Å². The molecule has 1 heteroatoms. The Morgan fingerprint density at radius 1 is 1.08 bits per heavy atom. The van der Waals surface area contributed by atoms with Crippen LogP contribution in [-0.4, -0.2) is 10.7 Å². The largest absolute Gasteiger partial charge is 0.390 e. The number of rotatable bonds is 1. The first-order valence-electron chi connectivity index (χ1n) is 5.74. The zero-order valence-corrected chi connectivity index (χ0v) is 8.97. The van der Waals surface area contributed by atoms with E-state index in [9.17, 15) is 5.11 Å². The van der Waals surface area contributed by atoms with Gasteiger partial charge in [0.1, 0.15) is 0 Å². The highest BCUT2D eigenvalue weighted by Crippen LogP contribution is 2.49. The van der Waals surface area contributed by atoms with Gasteiger partial charge < -0.3 is 5.11 Å². The molecule has 0 aliphatic heterocycles. The summed E-state index contributed by atoms with van der Waals surface area (Å²) in [4.78, 5) is 0. The van der Waals surface area contributed by atoms with Gasteiger partial charge in [-0.3, -0.25) is 0 Å². The SMILES string of the molecule is CC1(C)CCCC(O)(C2CCC2)C1. The highest BCUT2D eigenvalue weighted by Gasteiger charge is 2.45. The van der Waals surface area contributed by atoms with Crippen molar-refractivity contribution in [2.45, 2.75) is 64.4 Å². The molecule has 2 rings (SSSR count). The van der Waals surface area contributed by atoms with E-state index in [1.807, 2.05) is 0 Å². The van der Waals surface area contributed by atoms with E-state index in [4.69, 9.17) is 0 Å². The van der Waals surface area contributed by atoms with Crippen molar-refractivity contribution in [3.05, 3.63) is 0 Å². The molecule has 2 saturated carbocycles. The zero-order chi connectivity index (χ0) is 9.53. The van der Waals surface area contributed by atoms with Crippen LogP contribution in [0.25, 0.3) is 0 Å². The summed E-state index contributed by atoms with van der Waals surface area (Å²) >= 11 is 0. The van der Waals surface area contributed by atoms with Crippen LogP contribution in [0, 0.1) is 11.3 Å². The normalized spacial score (nSPS) is 39.9. The Balaban J connectivity index is 2.04. The lowest BCUT2D eigenvalue weighted by molar-refractivity contribution is -0.105. The van der Waals surface area contributed by atoms with Crippen molar-refractivity contribution in [1.29, 1.82) is 0 Å². The number of hydrogen-bond donors (Lipinski definition) is 1. The third-order valence-electron chi connectivity index (χ3n) is 4.11. The van der Waals surface area contributed by atoms with Crippen molar-refractivity contribution in [2.75, 3.05) is 0 Å². The molecule has 2 fully saturated rings. The van der Waals surface area contributed by atoms with Crippen LogP contribution in [0.5, 0.6) is 0 Å².